The molecule has 1 aromatic rings. The summed E-state index contributed by atoms with van der Waals surface area (Å²) in [6.45, 7) is 4.36. The van der Waals surface area contributed by atoms with Gasteiger partial charge >= 0.3 is 6.03 Å². The molecule has 2 unspecified atom stereocenters. The van der Waals surface area contributed by atoms with Gasteiger partial charge in [-0.05, 0) is 35.7 Å². The summed E-state index contributed by atoms with van der Waals surface area (Å²) in [7, 11) is 0. The Balaban J connectivity index is 2.01. The van der Waals surface area contributed by atoms with Crippen molar-refractivity contribution in [2.24, 2.45) is 5.92 Å². The average Bonchev–Trinajstić information content (AvgIpc) is 2.76. The number of nitrogens with one attached hydrogen (secondary N) is 1. The standard InChI is InChI=1S/C12H16N2O2S/c1-8-6-14(12(16)13-11(8)15)9(2)5-10-3-4-17-7-10/h3-4,7-9H,5-6H2,1-2H3,(H,13,15,16). The Hall–Kier alpha value is -1.36. The zero-order valence-electron chi connectivity index (χ0n) is 9.97. The summed E-state index contributed by atoms with van der Waals surface area (Å²) >= 11 is 1.66. The Labute approximate surface area is 105 Å². The minimum atomic E-state index is -0.268. The predicted octanol–water partition coefficient (Wildman–Crippen LogP) is 1.87. The normalized spacial score (nSPS) is 22.5. The van der Waals surface area contributed by atoms with Crippen LogP contribution in [-0.4, -0.2) is 29.4 Å². The van der Waals surface area contributed by atoms with Gasteiger partial charge in [0.05, 0.1) is 5.92 Å². The molecule has 92 valence electrons. The average molecular weight is 252 g/mol. The lowest BCUT2D eigenvalue weighted by molar-refractivity contribution is -0.125. The summed E-state index contributed by atoms with van der Waals surface area (Å²) in [5, 5.41) is 6.51. The van der Waals surface area contributed by atoms with E-state index in [1.54, 1.807) is 16.2 Å². The molecule has 1 N–H and O–H groups in total. The Morgan fingerprint density at radius 1 is 1.59 bits per heavy atom. The third kappa shape index (κ3) is 2.66. The molecule has 3 amide bonds. The van der Waals surface area contributed by atoms with Gasteiger partial charge in [0, 0.05) is 12.6 Å². The summed E-state index contributed by atoms with van der Waals surface area (Å²) in [6.07, 6.45) is 0.831. The lowest BCUT2D eigenvalue weighted by atomic mass is 10.0. The molecule has 0 bridgehead atoms. The molecule has 2 heterocycles. The lowest BCUT2D eigenvalue weighted by Crippen LogP contribution is -2.56. The van der Waals surface area contributed by atoms with Gasteiger partial charge in [-0.1, -0.05) is 6.92 Å². The molecule has 0 aromatic carbocycles. The maximum absolute atomic E-state index is 11.7. The SMILES string of the molecule is CC1CN(C(C)Cc2ccsc2)C(=O)NC1=O. The van der Waals surface area contributed by atoms with Crippen LogP contribution in [-0.2, 0) is 11.2 Å². The molecule has 0 saturated carbocycles. The number of hydrogen-bond donors (Lipinski definition) is 1. The van der Waals surface area contributed by atoms with Crippen molar-refractivity contribution in [1.29, 1.82) is 0 Å². The molecule has 0 aliphatic carbocycles. The molecular formula is C12H16N2O2S. The Kier molecular flexibility index (Phi) is 3.47. The van der Waals surface area contributed by atoms with Gasteiger partial charge in [-0.2, -0.15) is 11.3 Å². The van der Waals surface area contributed by atoms with E-state index >= 15 is 0 Å². The number of amides is 3. The van der Waals surface area contributed by atoms with Gasteiger partial charge in [0.15, 0.2) is 0 Å². The van der Waals surface area contributed by atoms with E-state index in [0.29, 0.717) is 6.54 Å². The number of carbonyl (C=O) groups is 2. The first-order valence-electron chi connectivity index (χ1n) is 5.70. The second-order valence-corrected chi connectivity index (χ2v) is 5.31. The highest BCUT2D eigenvalue weighted by molar-refractivity contribution is 7.07. The number of nitrogens with zero attached hydrogens (tertiary/aromatic N) is 1. The number of rotatable bonds is 3. The fourth-order valence-corrected chi connectivity index (χ4v) is 2.68. The van der Waals surface area contributed by atoms with Crippen LogP contribution in [0.2, 0.25) is 0 Å². The summed E-state index contributed by atoms with van der Waals surface area (Å²) < 4.78 is 0. The topological polar surface area (TPSA) is 49.4 Å². The van der Waals surface area contributed by atoms with Crippen molar-refractivity contribution in [3.8, 4) is 0 Å². The number of hydrogen-bond acceptors (Lipinski definition) is 3. The molecule has 4 nitrogen and oxygen atoms in total. The third-order valence-electron chi connectivity index (χ3n) is 3.05. The second-order valence-electron chi connectivity index (χ2n) is 4.53. The number of imide groups is 1. The van der Waals surface area contributed by atoms with Crippen LogP contribution in [0.1, 0.15) is 19.4 Å². The minimum absolute atomic E-state index is 0.111. The van der Waals surface area contributed by atoms with Crippen LogP contribution in [0.15, 0.2) is 16.8 Å². The molecule has 1 aromatic heterocycles. The first-order valence-corrected chi connectivity index (χ1v) is 6.64. The first-order chi connectivity index (χ1) is 8.08. The summed E-state index contributed by atoms with van der Waals surface area (Å²) in [5.41, 5.74) is 1.24. The first kappa shape index (κ1) is 12.1. The number of thiophene rings is 1. The molecule has 17 heavy (non-hydrogen) atoms. The molecule has 2 atom stereocenters. The van der Waals surface area contributed by atoms with E-state index < -0.39 is 0 Å². The van der Waals surface area contributed by atoms with Crippen LogP contribution >= 0.6 is 11.3 Å². The lowest BCUT2D eigenvalue weighted by Gasteiger charge is -2.34. The maximum Gasteiger partial charge on any atom is 0.324 e. The van der Waals surface area contributed by atoms with Crippen molar-refractivity contribution in [1.82, 2.24) is 10.2 Å². The molecule has 1 aliphatic rings. The molecule has 0 radical (unpaired) electrons. The van der Waals surface area contributed by atoms with Gasteiger partial charge in [-0.15, -0.1) is 0 Å². The van der Waals surface area contributed by atoms with Crippen LogP contribution in [0.4, 0.5) is 4.79 Å². The van der Waals surface area contributed by atoms with E-state index in [1.165, 1.54) is 5.56 Å². The van der Waals surface area contributed by atoms with Crippen molar-refractivity contribution in [3.63, 3.8) is 0 Å². The van der Waals surface area contributed by atoms with E-state index in [9.17, 15) is 9.59 Å². The zero-order valence-corrected chi connectivity index (χ0v) is 10.8. The molecule has 1 saturated heterocycles. The van der Waals surface area contributed by atoms with Gasteiger partial charge in [-0.25, -0.2) is 4.79 Å². The zero-order chi connectivity index (χ0) is 12.4. The number of urea groups is 1. The maximum atomic E-state index is 11.7. The van der Waals surface area contributed by atoms with E-state index in [-0.39, 0.29) is 23.9 Å². The van der Waals surface area contributed by atoms with Crippen molar-refractivity contribution in [2.45, 2.75) is 26.3 Å². The summed E-state index contributed by atoms with van der Waals surface area (Å²) in [5.74, 6) is -0.299. The van der Waals surface area contributed by atoms with Crippen LogP contribution in [0, 0.1) is 5.92 Å². The highest BCUT2D eigenvalue weighted by Crippen LogP contribution is 2.16. The molecular weight excluding hydrogens is 236 g/mol. The van der Waals surface area contributed by atoms with Gasteiger partial charge in [0.1, 0.15) is 0 Å². The van der Waals surface area contributed by atoms with Gasteiger partial charge in [0.2, 0.25) is 5.91 Å². The van der Waals surface area contributed by atoms with Crippen LogP contribution in [0.5, 0.6) is 0 Å². The Bertz CT molecular complexity index is 416. The minimum Gasteiger partial charge on any atom is -0.321 e. The van der Waals surface area contributed by atoms with E-state index in [4.69, 9.17) is 0 Å². The number of carbonyl (C=O) groups excluding carboxylic acids is 2. The third-order valence-corrected chi connectivity index (χ3v) is 3.78. The smallest absolute Gasteiger partial charge is 0.321 e. The molecule has 0 spiro atoms. The van der Waals surface area contributed by atoms with Gasteiger partial charge in [-0.3, -0.25) is 10.1 Å². The van der Waals surface area contributed by atoms with Crippen molar-refractivity contribution >= 4 is 23.3 Å². The molecule has 1 fully saturated rings. The van der Waals surface area contributed by atoms with E-state index in [0.717, 1.165) is 6.42 Å². The van der Waals surface area contributed by atoms with Crippen LogP contribution < -0.4 is 5.32 Å². The monoisotopic (exact) mass is 252 g/mol. The molecule has 1 aliphatic heterocycles. The highest BCUT2D eigenvalue weighted by Gasteiger charge is 2.31. The van der Waals surface area contributed by atoms with Crippen LogP contribution in [0.3, 0.4) is 0 Å². The van der Waals surface area contributed by atoms with Crippen molar-refractivity contribution < 1.29 is 9.59 Å². The fraction of sp³-hybridized carbons (Fsp3) is 0.500. The quantitative estimate of drug-likeness (QED) is 0.892. The fourth-order valence-electron chi connectivity index (χ4n) is 2.00. The highest BCUT2D eigenvalue weighted by atomic mass is 32.1. The van der Waals surface area contributed by atoms with Crippen LogP contribution in [0.25, 0.3) is 0 Å². The molecule has 2 rings (SSSR count). The van der Waals surface area contributed by atoms with Gasteiger partial charge < -0.3 is 4.90 Å². The largest absolute Gasteiger partial charge is 0.324 e. The van der Waals surface area contributed by atoms with Crippen molar-refractivity contribution in [2.75, 3.05) is 6.54 Å². The second kappa shape index (κ2) is 4.87. The van der Waals surface area contributed by atoms with Crippen molar-refractivity contribution in [3.05, 3.63) is 22.4 Å². The predicted molar refractivity (Wildman–Crippen MR) is 66.9 cm³/mol. The van der Waals surface area contributed by atoms with E-state index in [2.05, 4.69) is 16.8 Å². The Morgan fingerprint density at radius 3 is 3.00 bits per heavy atom. The Morgan fingerprint density at radius 2 is 2.35 bits per heavy atom. The van der Waals surface area contributed by atoms with Gasteiger partial charge in [0.25, 0.3) is 0 Å². The summed E-state index contributed by atoms with van der Waals surface area (Å²) in [4.78, 5) is 24.8. The summed E-state index contributed by atoms with van der Waals surface area (Å²) in [6, 6.07) is 1.91. The molecule has 5 heteroatoms. The van der Waals surface area contributed by atoms with E-state index in [1.807, 2.05) is 19.2 Å².